The van der Waals surface area contributed by atoms with Crippen LogP contribution in [-0.2, 0) is 5.41 Å². The average molecular weight is 794 g/mol. The number of benzene rings is 10. The van der Waals surface area contributed by atoms with E-state index in [1.54, 1.807) is 0 Å². The number of nitrogens with zero attached hydrogens (tertiary/aromatic N) is 1. The molecule has 1 aliphatic carbocycles. The highest BCUT2D eigenvalue weighted by molar-refractivity contribution is 7.99. The number of hydrogen-bond acceptors (Lipinski definition) is 2. The molecule has 0 bridgehead atoms. The van der Waals surface area contributed by atoms with Crippen molar-refractivity contribution in [3.8, 4) is 44.5 Å². The van der Waals surface area contributed by atoms with Gasteiger partial charge in [0, 0.05) is 26.7 Å². The van der Waals surface area contributed by atoms with Gasteiger partial charge in [0.2, 0.25) is 0 Å². The van der Waals surface area contributed by atoms with E-state index in [2.05, 4.69) is 241 Å². The van der Waals surface area contributed by atoms with E-state index < -0.39 is 5.41 Å². The minimum Gasteiger partial charge on any atom is -0.310 e. The average Bonchev–Trinajstić information content (AvgIpc) is 3.63. The lowest BCUT2D eigenvalue weighted by atomic mass is 9.67. The molecule has 0 radical (unpaired) electrons. The molecule has 1 nitrogen and oxygen atoms in total. The van der Waals surface area contributed by atoms with Crippen molar-refractivity contribution in [3.63, 3.8) is 0 Å². The van der Waals surface area contributed by atoms with E-state index in [1.165, 1.54) is 87.3 Å². The van der Waals surface area contributed by atoms with E-state index in [1.807, 2.05) is 11.8 Å². The van der Waals surface area contributed by atoms with Crippen molar-refractivity contribution >= 4 is 39.6 Å². The third kappa shape index (κ3) is 5.64. The second-order valence-corrected chi connectivity index (χ2v) is 17.1. The quantitative estimate of drug-likeness (QED) is 0.165. The summed E-state index contributed by atoms with van der Waals surface area (Å²) >= 11 is 1.92. The predicted octanol–water partition coefficient (Wildman–Crippen LogP) is 16.1. The molecule has 1 aliphatic heterocycles. The first-order chi connectivity index (χ1) is 30.3. The SMILES string of the molecule is c1ccc(-c2ccc(N(c3ccc4c(c3)Sc3c(ccc5ccccc35)C43c4ccccc4-c4ccccc43)c3ccc(-c4ccccc4)cc3-c3ccccc3)cc2)cc1. The van der Waals surface area contributed by atoms with Crippen molar-refractivity contribution < 1.29 is 0 Å². The zero-order valence-corrected chi connectivity index (χ0v) is 34.2. The van der Waals surface area contributed by atoms with Crippen molar-refractivity contribution in [1.82, 2.24) is 0 Å². The lowest BCUT2D eigenvalue weighted by Crippen LogP contribution is -2.32. The second-order valence-electron chi connectivity index (χ2n) is 16.0. The number of hydrogen-bond donors (Lipinski definition) is 0. The van der Waals surface area contributed by atoms with Crippen LogP contribution in [-0.4, -0.2) is 0 Å². The smallest absolute Gasteiger partial charge is 0.0735 e. The molecule has 0 saturated heterocycles. The van der Waals surface area contributed by atoms with Crippen molar-refractivity contribution in [2.24, 2.45) is 0 Å². The number of anilines is 3. The van der Waals surface area contributed by atoms with Gasteiger partial charge < -0.3 is 4.90 Å². The van der Waals surface area contributed by atoms with Gasteiger partial charge in [-0.15, -0.1) is 0 Å². The van der Waals surface area contributed by atoms with Gasteiger partial charge in [-0.2, -0.15) is 0 Å². The Morgan fingerprint density at radius 3 is 1.54 bits per heavy atom. The third-order valence-corrected chi connectivity index (χ3v) is 13.9. The van der Waals surface area contributed by atoms with Gasteiger partial charge in [0.15, 0.2) is 0 Å². The monoisotopic (exact) mass is 793 g/mol. The maximum absolute atomic E-state index is 2.47. The predicted molar refractivity (Wildman–Crippen MR) is 256 cm³/mol. The summed E-state index contributed by atoms with van der Waals surface area (Å²) in [4.78, 5) is 5.06. The Morgan fingerprint density at radius 2 is 0.852 bits per heavy atom. The Kier molecular flexibility index (Phi) is 8.40. The Balaban J connectivity index is 1.12. The van der Waals surface area contributed by atoms with Gasteiger partial charge in [-0.3, -0.25) is 0 Å². The fourth-order valence-corrected chi connectivity index (χ4v) is 11.4. The Hall–Kier alpha value is -7.39. The first-order valence-electron chi connectivity index (χ1n) is 21.0. The molecule has 10 aromatic carbocycles. The van der Waals surface area contributed by atoms with Gasteiger partial charge >= 0.3 is 0 Å². The zero-order chi connectivity index (χ0) is 40.3. The molecule has 0 saturated carbocycles. The fraction of sp³-hybridized carbons (Fsp3) is 0.0169. The summed E-state index contributed by atoms with van der Waals surface area (Å²) in [6, 6.07) is 87.3. The normalized spacial score (nSPS) is 13.0. The molecule has 0 aromatic heterocycles. The number of fused-ring (bicyclic) bond motifs is 11. The van der Waals surface area contributed by atoms with Gasteiger partial charge in [-0.1, -0.05) is 212 Å². The maximum atomic E-state index is 2.47. The summed E-state index contributed by atoms with van der Waals surface area (Å²) in [6.45, 7) is 0. The molecule has 0 amide bonds. The molecular weight excluding hydrogens is 755 g/mol. The largest absolute Gasteiger partial charge is 0.310 e. The zero-order valence-electron chi connectivity index (χ0n) is 33.4. The molecule has 1 spiro atoms. The van der Waals surface area contributed by atoms with Crippen LogP contribution >= 0.6 is 11.8 Å². The minimum atomic E-state index is -0.472. The lowest BCUT2D eigenvalue weighted by Gasteiger charge is -2.40. The van der Waals surface area contributed by atoms with Crippen LogP contribution in [0.2, 0.25) is 0 Å². The van der Waals surface area contributed by atoms with Crippen LogP contribution in [0.5, 0.6) is 0 Å². The topological polar surface area (TPSA) is 3.24 Å². The van der Waals surface area contributed by atoms with Crippen molar-refractivity contribution in [2.45, 2.75) is 15.2 Å². The summed E-state index contributed by atoms with van der Waals surface area (Å²) in [7, 11) is 0. The molecule has 0 atom stereocenters. The van der Waals surface area contributed by atoms with Crippen LogP contribution in [0.4, 0.5) is 17.1 Å². The molecule has 2 aliphatic rings. The molecule has 10 aromatic rings. The molecule has 1 heterocycles. The highest BCUT2D eigenvalue weighted by Gasteiger charge is 2.50. The molecular formula is C59H39NS. The van der Waals surface area contributed by atoms with Gasteiger partial charge in [-0.05, 0) is 108 Å². The first-order valence-corrected chi connectivity index (χ1v) is 21.8. The van der Waals surface area contributed by atoms with Crippen molar-refractivity contribution in [3.05, 3.63) is 259 Å². The second kappa shape index (κ2) is 14.4. The summed E-state index contributed by atoms with van der Waals surface area (Å²) in [5.41, 5.74) is 18.0. The first kappa shape index (κ1) is 35.5. The molecule has 61 heavy (non-hydrogen) atoms. The molecule has 2 heteroatoms. The van der Waals surface area contributed by atoms with E-state index in [9.17, 15) is 0 Å². The minimum absolute atomic E-state index is 0.472. The van der Waals surface area contributed by atoms with Crippen molar-refractivity contribution in [2.75, 3.05) is 4.90 Å². The molecule has 0 unspecified atom stereocenters. The summed E-state index contributed by atoms with van der Waals surface area (Å²) in [5, 5.41) is 2.55. The van der Waals surface area contributed by atoms with Crippen LogP contribution in [0.1, 0.15) is 22.3 Å². The molecule has 0 fully saturated rings. The molecule has 0 N–H and O–H groups in total. The van der Waals surface area contributed by atoms with E-state index in [0.717, 1.165) is 17.1 Å². The van der Waals surface area contributed by atoms with E-state index in [4.69, 9.17) is 0 Å². The maximum Gasteiger partial charge on any atom is 0.0735 e. The van der Waals surface area contributed by atoms with Crippen molar-refractivity contribution in [1.29, 1.82) is 0 Å². The number of rotatable bonds is 6. The molecule has 286 valence electrons. The van der Waals surface area contributed by atoms with E-state index in [0.29, 0.717) is 0 Å². The van der Waals surface area contributed by atoms with Crippen LogP contribution in [0.3, 0.4) is 0 Å². The standard InChI is InChI=1S/C59H39NS/c1-4-16-40(17-5-1)42-28-32-46(33-29-42)60(56-37-31-45(41-18-6-2-7-19-41)38-51(56)43-20-8-3-9-21-43)47-34-36-54-57(39-47)61-58-48-23-11-10-22-44(48)30-35-55(58)59(54)52-26-14-12-24-49(52)50-25-13-15-27-53(50)59/h1-39H. The van der Waals surface area contributed by atoms with Crippen LogP contribution in [0.25, 0.3) is 55.3 Å². The lowest BCUT2D eigenvalue weighted by molar-refractivity contribution is 0.726. The Bertz CT molecular complexity index is 3220. The van der Waals surface area contributed by atoms with Gasteiger partial charge in [0.25, 0.3) is 0 Å². The summed E-state index contributed by atoms with van der Waals surface area (Å²) in [5.74, 6) is 0. The molecule has 12 rings (SSSR count). The summed E-state index contributed by atoms with van der Waals surface area (Å²) < 4.78 is 0. The van der Waals surface area contributed by atoms with Crippen LogP contribution < -0.4 is 4.90 Å². The Morgan fingerprint density at radius 1 is 0.328 bits per heavy atom. The third-order valence-electron chi connectivity index (χ3n) is 12.7. The van der Waals surface area contributed by atoms with E-state index in [-0.39, 0.29) is 0 Å². The highest BCUT2D eigenvalue weighted by atomic mass is 32.2. The van der Waals surface area contributed by atoms with Crippen LogP contribution in [0.15, 0.2) is 246 Å². The van der Waals surface area contributed by atoms with E-state index >= 15 is 0 Å². The Labute approximate surface area is 361 Å². The summed E-state index contributed by atoms with van der Waals surface area (Å²) in [6.07, 6.45) is 0. The van der Waals surface area contributed by atoms with Crippen LogP contribution in [0, 0.1) is 0 Å². The fourth-order valence-electron chi connectivity index (χ4n) is 10.0. The van der Waals surface area contributed by atoms with Gasteiger partial charge in [0.1, 0.15) is 0 Å². The van der Waals surface area contributed by atoms with Gasteiger partial charge in [0.05, 0.1) is 11.1 Å². The van der Waals surface area contributed by atoms with Gasteiger partial charge in [-0.25, -0.2) is 0 Å². The highest BCUT2D eigenvalue weighted by Crippen LogP contribution is 2.63.